The van der Waals surface area contributed by atoms with Gasteiger partial charge in [0, 0.05) is 12.3 Å². The van der Waals surface area contributed by atoms with Crippen LogP contribution < -0.4 is 5.63 Å². The molecular formula is C14H10ClF3N2O3. The van der Waals surface area contributed by atoms with E-state index in [-0.39, 0.29) is 27.9 Å². The third-order valence-electron chi connectivity index (χ3n) is 2.85. The number of halogens is 4. The summed E-state index contributed by atoms with van der Waals surface area (Å²) in [4.78, 5) is 19.0. The van der Waals surface area contributed by atoms with Gasteiger partial charge >= 0.3 is 11.8 Å². The minimum atomic E-state index is -4.61. The molecule has 0 aliphatic heterocycles. The normalized spacial score (nSPS) is 12.5. The Morgan fingerprint density at radius 2 is 2.04 bits per heavy atom. The minimum absolute atomic E-state index is 0.0562. The van der Waals surface area contributed by atoms with Crippen molar-refractivity contribution in [3.8, 4) is 5.75 Å². The van der Waals surface area contributed by atoms with Crippen LogP contribution >= 0.6 is 11.6 Å². The number of alkyl halides is 3. The van der Waals surface area contributed by atoms with Crippen molar-refractivity contribution in [2.45, 2.75) is 20.0 Å². The number of hydrogen-bond donors (Lipinski definition) is 1. The van der Waals surface area contributed by atoms with E-state index in [2.05, 4.69) is 9.98 Å². The fraction of sp³-hybridized carbons (Fsp3) is 0.214. The Bertz CT molecular complexity index is 844. The molecule has 0 saturated heterocycles. The highest BCUT2D eigenvalue weighted by molar-refractivity contribution is 6.32. The highest BCUT2D eigenvalue weighted by Crippen LogP contribution is 2.34. The number of aromatic nitrogens is 1. The second kappa shape index (κ2) is 6.04. The fourth-order valence-corrected chi connectivity index (χ4v) is 1.98. The van der Waals surface area contributed by atoms with Crippen LogP contribution in [0.15, 0.2) is 32.5 Å². The lowest BCUT2D eigenvalue weighted by Crippen LogP contribution is -2.13. The molecule has 5 nitrogen and oxygen atoms in total. The Balaban J connectivity index is 2.57. The van der Waals surface area contributed by atoms with Gasteiger partial charge in [0.25, 0.3) is 0 Å². The lowest BCUT2D eigenvalue weighted by Gasteiger charge is -2.08. The van der Waals surface area contributed by atoms with Gasteiger partial charge in [-0.1, -0.05) is 11.6 Å². The van der Waals surface area contributed by atoms with Gasteiger partial charge in [-0.2, -0.15) is 13.2 Å². The minimum Gasteiger partial charge on any atom is -0.507 e. The number of pyridine rings is 1. The van der Waals surface area contributed by atoms with Gasteiger partial charge in [-0.15, -0.1) is 0 Å². The van der Waals surface area contributed by atoms with E-state index in [4.69, 9.17) is 16.0 Å². The largest absolute Gasteiger partial charge is 0.507 e. The number of aliphatic imine (C=N–C) groups is 1. The van der Waals surface area contributed by atoms with Crippen molar-refractivity contribution in [3.05, 3.63) is 50.8 Å². The molecule has 2 aromatic rings. The first-order chi connectivity index (χ1) is 10.6. The maximum atomic E-state index is 12.7. The summed E-state index contributed by atoms with van der Waals surface area (Å²) in [5.41, 5.74) is -2.49. The SMILES string of the molecule is CC(=Nc1cc(C(F)(F)F)cnc1Cl)c1c(O)cc(C)oc1=O. The van der Waals surface area contributed by atoms with Crippen LogP contribution in [0.25, 0.3) is 0 Å². The molecule has 23 heavy (non-hydrogen) atoms. The number of aryl methyl sites for hydroxylation is 1. The topological polar surface area (TPSA) is 75.7 Å². The molecule has 0 radical (unpaired) electrons. The van der Waals surface area contributed by atoms with E-state index in [0.29, 0.717) is 12.3 Å². The van der Waals surface area contributed by atoms with Crippen LogP contribution in [0.2, 0.25) is 5.15 Å². The first-order valence-corrected chi connectivity index (χ1v) is 6.59. The molecule has 2 aromatic heterocycles. The van der Waals surface area contributed by atoms with E-state index in [1.807, 2.05) is 0 Å². The van der Waals surface area contributed by atoms with Crippen molar-refractivity contribution in [1.29, 1.82) is 0 Å². The third-order valence-corrected chi connectivity index (χ3v) is 3.14. The van der Waals surface area contributed by atoms with E-state index in [9.17, 15) is 23.1 Å². The average molecular weight is 347 g/mol. The highest BCUT2D eigenvalue weighted by atomic mass is 35.5. The molecule has 2 rings (SSSR count). The first-order valence-electron chi connectivity index (χ1n) is 6.21. The van der Waals surface area contributed by atoms with E-state index in [1.165, 1.54) is 19.9 Å². The molecule has 0 fully saturated rings. The Morgan fingerprint density at radius 3 is 2.61 bits per heavy atom. The Morgan fingerprint density at radius 1 is 1.39 bits per heavy atom. The van der Waals surface area contributed by atoms with Crippen LogP contribution in [-0.4, -0.2) is 15.8 Å². The number of aromatic hydroxyl groups is 1. The second-order valence-electron chi connectivity index (χ2n) is 4.63. The summed E-state index contributed by atoms with van der Waals surface area (Å²) >= 11 is 5.73. The van der Waals surface area contributed by atoms with Gasteiger partial charge in [0.2, 0.25) is 0 Å². The van der Waals surface area contributed by atoms with Crippen LogP contribution in [0.4, 0.5) is 18.9 Å². The Hall–Kier alpha value is -2.35. The van der Waals surface area contributed by atoms with Gasteiger partial charge in [0.15, 0.2) is 5.15 Å². The van der Waals surface area contributed by atoms with Crippen LogP contribution in [0.1, 0.15) is 23.8 Å². The van der Waals surface area contributed by atoms with Crippen LogP contribution in [0, 0.1) is 6.92 Å². The van der Waals surface area contributed by atoms with Gasteiger partial charge in [-0.05, 0) is 19.9 Å². The van der Waals surface area contributed by atoms with Crippen LogP contribution in [-0.2, 0) is 6.18 Å². The van der Waals surface area contributed by atoms with E-state index in [1.54, 1.807) is 0 Å². The van der Waals surface area contributed by atoms with Gasteiger partial charge < -0.3 is 9.52 Å². The maximum Gasteiger partial charge on any atom is 0.417 e. The van der Waals surface area contributed by atoms with Gasteiger partial charge in [0.1, 0.15) is 22.8 Å². The molecule has 0 saturated carbocycles. The fourth-order valence-electron chi connectivity index (χ4n) is 1.84. The van der Waals surface area contributed by atoms with Crippen molar-refractivity contribution >= 4 is 23.0 Å². The molecule has 9 heteroatoms. The van der Waals surface area contributed by atoms with Crippen LogP contribution in [0.3, 0.4) is 0 Å². The second-order valence-corrected chi connectivity index (χ2v) is 4.99. The van der Waals surface area contributed by atoms with Gasteiger partial charge in [-0.25, -0.2) is 14.8 Å². The molecule has 0 aliphatic rings. The molecule has 0 bridgehead atoms. The molecule has 122 valence electrons. The lowest BCUT2D eigenvalue weighted by molar-refractivity contribution is -0.137. The standard InChI is InChI=1S/C14H10ClF3N2O3/c1-6-3-10(21)11(13(22)23-6)7(2)20-9-4-8(14(16,17)18)5-19-12(9)15/h3-5,21H,1-2H3. The molecule has 0 aromatic carbocycles. The van der Waals surface area contributed by atoms with Gasteiger partial charge in [0.05, 0.1) is 11.3 Å². The molecule has 0 aliphatic carbocycles. The molecule has 0 spiro atoms. The summed E-state index contributed by atoms with van der Waals surface area (Å²) in [5.74, 6) is -0.209. The van der Waals surface area contributed by atoms with Crippen molar-refractivity contribution in [1.82, 2.24) is 4.98 Å². The Labute approximate surface area is 133 Å². The number of rotatable bonds is 2. The zero-order chi connectivity index (χ0) is 17.4. The summed E-state index contributed by atoms with van der Waals surface area (Å²) in [5, 5.41) is 9.53. The number of nitrogens with zero attached hydrogens (tertiary/aromatic N) is 2. The molecule has 0 unspecified atom stereocenters. The van der Waals surface area contributed by atoms with Crippen molar-refractivity contribution in [2.75, 3.05) is 0 Å². The molecule has 0 amide bonds. The molecule has 1 N–H and O–H groups in total. The quantitative estimate of drug-likeness (QED) is 0.661. The average Bonchev–Trinajstić information content (AvgIpc) is 2.38. The molecule has 2 heterocycles. The summed E-state index contributed by atoms with van der Waals surface area (Å²) < 4.78 is 42.9. The van der Waals surface area contributed by atoms with Crippen molar-refractivity contribution in [3.63, 3.8) is 0 Å². The maximum absolute atomic E-state index is 12.7. The summed E-state index contributed by atoms with van der Waals surface area (Å²) in [7, 11) is 0. The number of hydrogen-bond acceptors (Lipinski definition) is 5. The van der Waals surface area contributed by atoms with Gasteiger partial charge in [-0.3, -0.25) is 0 Å². The predicted molar refractivity (Wildman–Crippen MR) is 77.5 cm³/mol. The van der Waals surface area contributed by atoms with E-state index >= 15 is 0 Å². The van der Waals surface area contributed by atoms with Crippen LogP contribution in [0.5, 0.6) is 5.75 Å². The third kappa shape index (κ3) is 3.70. The first kappa shape index (κ1) is 17.0. The van der Waals surface area contributed by atoms with Crippen molar-refractivity contribution < 1.29 is 22.7 Å². The summed E-state index contributed by atoms with van der Waals surface area (Å²) in [6, 6.07) is 1.90. The van der Waals surface area contributed by atoms with Crippen molar-refractivity contribution in [2.24, 2.45) is 4.99 Å². The zero-order valence-electron chi connectivity index (χ0n) is 11.9. The van der Waals surface area contributed by atoms with E-state index < -0.39 is 23.1 Å². The summed E-state index contributed by atoms with van der Waals surface area (Å²) in [6.07, 6.45) is -4.03. The lowest BCUT2D eigenvalue weighted by atomic mass is 10.1. The zero-order valence-corrected chi connectivity index (χ0v) is 12.7. The molecule has 0 atom stereocenters. The smallest absolute Gasteiger partial charge is 0.417 e. The van der Waals surface area contributed by atoms with E-state index in [0.717, 1.165) is 0 Å². The Kier molecular flexibility index (Phi) is 4.46. The highest BCUT2D eigenvalue weighted by Gasteiger charge is 2.31. The monoisotopic (exact) mass is 346 g/mol. The molecular weight excluding hydrogens is 337 g/mol. The summed E-state index contributed by atoms with van der Waals surface area (Å²) in [6.45, 7) is 2.79. The predicted octanol–water partition coefficient (Wildman–Crippen LogP) is 3.86.